The lowest BCUT2D eigenvalue weighted by molar-refractivity contribution is 0.0987. The molecule has 0 aliphatic carbocycles. The van der Waals surface area contributed by atoms with E-state index >= 15 is 0 Å². The van der Waals surface area contributed by atoms with Crippen molar-refractivity contribution >= 4 is 72.3 Å². The molecule has 2 aromatic heterocycles. The molecule has 29 heavy (non-hydrogen) atoms. The number of thiazole rings is 1. The van der Waals surface area contributed by atoms with Crippen LogP contribution in [0.1, 0.15) is 30.4 Å². The summed E-state index contributed by atoms with van der Waals surface area (Å²) in [6, 6.07) is 9.68. The Morgan fingerprint density at radius 1 is 1.10 bits per heavy atom. The third-order valence-electron chi connectivity index (χ3n) is 4.46. The molecule has 9 heteroatoms. The topological polar surface area (TPSA) is 45.7 Å². The van der Waals surface area contributed by atoms with E-state index in [2.05, 4.69) is 34.7 Å². The van der Waals surface area contributed by atoms with Gasteiger partial charge >= 0.3 is 0 Å². The summed E-state index contributed by atoms with van der Waals surface area (Å²) in [5, 5.41) is 0.712. The van der Waals surface area contributed by atoms with Gasteiger partial charge in [-0.2, -0.15) is 0 Å². The molecule has 0 aliphatic rings. The van der Waals surface area contributed by atoms with Crippen molar-refractivity contribution in [2.24, 2.45) is 0 Å². The number of carbonyl (C=O) groups excluding carboxylic acids is 1. The summed E-state index contributed by atoms with van der Waals surface area (Å²) in [4.78, 5) is 22.9. The molecule has 0 saturated carbocycles. The van der Waals surface area contributed by atoms with Crippen molar-refractivity contribution in [3.05, 3.63) is 39.0 Å². The van der Waals surface area contributed by atoms with Crippen LogP contribution >= 0.6 is 51.0 Å². The fourth-order valence-electron chi connectivity index (χ4n) is 2.93. The molecule has 0 spiro atoms. The van der Waals surface area contributed by atoms with Gasteiger partial charge in [-0.05, 0) is 60.2 Å². The Hall–Kier alpha value is -1.19. The van der Waals surface area contributed by atoms with Crippen LogP contribution in [0.15, 0.2) is 34.1 Å². The highest BCUT2D eigenvalue weighted by Gasteiger charge is 2.24. The highest BCUT2D eigenvalue weighted by molar-refractivity contribution is 9.11. The number of carbonyl (C=O) groups is 1. The van der Waals surface area contributed by atoms with Gasteiger partial charge in [0, 0.05) is 13.1 Å². The number of fused-ring (bicyclic) bond motifs is 1. The third kappa shape index (κ3) is 5.70. The number of halogens is 2. The molecule has 2 heterocycles. The van der Waals surface area contributed by atoms with Crippen LogP contribution < -0.4 is 9.64 Å². The molecule has 0 bridgehead atoms. The van der Waals surface area contributed by atoms with E-state index in [0.29, 0.717) is 23.2 Å². The zero-order chi connectivity index (χ0) is 20.1. The number of anilines is 1. The van der Waals surface area contributed by atoms with Crippen molar-refractivity contribution in [3.8, 4) is 5.75 Å². The van der Waals surface area contributed by atoms with Crippen molar-refractivity contribution < 1.29 is 9.53 Å². The van der Waals surface area contributed by atoms with E-state index in [0.717, 1.165) is 39.4 Å². The molecule has 1 aromatic carbocycles. The summed E-state index contributed by atoms with van der Waals surface area (Å²) < 4.78 is 7.69. The summed E-state index contributed by atoms with van der Waals surface area (Å²) in [6.45, 7) is 10.1. The molecule has 0 N–H and O–H groups in total. The van der Waals surface area contributed by atoms with Gasteiger partial charge in [-0.1, -0.05) is 31.3 Å². The molecule has 158 valence electrons. The number of thiophene rings is 1. The minimum atomic E-state index is -0.0140. The molecule has 0 unspecified atom stereocenters. The number of likely N-dealkylation sites (N-methyl/N-ethyl adjacent to an activating group) is 1. The van der Waals surface area contributed by atoms with Crippen molar-refractivity contribution in [1.82, 2.24) is 9.88 Å². The van der Waals surface area contributed by atoms with E-state index < -0.39 is 0 Å². The number of amides is 1. The quantitative estimate of drug-likeness (QED) is 0.352. The van der Waals surface area contributed by atoms with Crippen LogP contribution in [0.3, 0.4) is 0 Å². The first-order chi connectivity index (χ1) is 13.6. The van der Waals surface area contributed by atoms with E-state index in [1.165, 1.54) is 22.7 Å². The third-order valence-corrected chi connectivity index (χ3v) is 7.12. The van der Waals surface area contributed by atoms with E-state index in [4.69, 9.17) is 9.72 Å². The highest BCUT2D eigenvalue weighted by atomic mass is 79.9. The number of aromatic nitrogens is 1. The zero-order valence-electron chi connectivity index (χ0n) is 16.7. The van der Waals surface area contributed by atoms with Crippen LogP contribution in [0.2, 0.25) is 0 Å². The molecule has 1 amide bonds. The predicted molar refractivity (Wildman–Crippen MR) is 130 cm³/mol. The van der Waals surface area contributed by atoms with Crippen LogP contribution in [0.4, 0.5) is 5.13 Å². The molecule has 0 saturated heterocycles. The SMILES string of the molecule is CCOc1cccc2sc(N(CCN(CC)CC)C(=O)c3ccc(Br)s3)nc12.Cl. The summed E-state index contributed by atoms with van der Waals surface area (Å²) >= 11 is 6.43. The number of hydrogen-bond acceptors (Lipinski definition) is 6. The molecule has 5 nitrogen and oxygen atoms in total. The van der Waals surface area contributed by atoms with Crippen LogP contribution in [0.25, 0.3) is 10.2 Å². The van der Waals surface area contributed by atoms with Gasteiger partial charge in [0.05, 0.1) is 20.0 Å². The lowest BCUT2D eigenvalue weighted by atomic mass is 10.3. The maximum Gasteiger partial charge on any atom is 0.270 e. The minimum absolute atomic E-state index is 0. The zero-order valence-corrected chi connectivity index (χ0v) is 20.7. The van der Waals surface area contributed by atoms with Crippen LogP contribution in [-0.4, -0.2) is 48.6 Å². The van der Waals surface area contributed by atoms with Crippen LogP contribution in [-0.2, 0) is 0 Å². The van der Waals surface area contributed by atoms with Crippen molar-refractivity contribution in [2.45, 2.75) is 20.8 Å². The first kappa shape index (κ1) is 24.1. The number of ether oxygens (including phenoxy) is 1. The summed E-state index contributed by atoms with van der Waals surface area (Å²) in [6.07, 6.45) is 0. The van der Waals surface area contributed by atoms with Crippen molar-refractivity contribution in [2.75, 3.05) is 37.7 Å². The second-order valence-electron chi connectivity index (χ2n) is 6.12. The van der Waals surface area contributed by atoms with Gasteiger partial charge in [0.25, 0.3) is 5.91 Å². The fraction of sp³-hybridized carbons (Fsp3) is 0.400. The molecule has 0 atom stereocenters. The van der Waals surface area contributed by atoms with Crippen molar-refractivity contribution in [1.29, 1.82) is 0 Å². The number of nitrogens with zero attached hydrogens (tertiary/aromatic N) is 3. The van der Waals surface area contributed by atoms with Gasteiger partial charge in [-0.3, -0.25) is 9.69 Å². The van der Waals surface area contributed by atoms with Gasteiger partial charge in [0.1, 0.15) is 11.3 Å². The van der Waals surface area contributed by atoms with Gasteiger partial charge in [0.2, 0.25) is 0 Å². The Morgan fingerprint density at radius 2 is 1.86 bits per heavy atom. The smallest absolute Gasteiger partial charge is 0.270 e. The van der Waals surface area contributed by atoms with Gasteiger partial charge in [-0.25, -0.2) is 4.98 Å². The Bertz CT molecular complexity index is 943. The Kier molecular flexibility index (Phi) is 9.36. The largest absolute Gasteiger partial charge is 0.492 e. The lowest BCUT2D eigenvalue weighted by Gasteiger charge is -2.24. The maximum atomic E-state index is 13.3. The standard InChI is InChI=1S/C20H24BrN3O2S2.ClH/c1-4-23(5-2)12-13-24(19(25)16-10-11-17(21)27-16)20-22-18-14(26-6-3)8-7-9-15(18)28-20;/h7-11H,4-6,12-13H2,1-3H3;1H. The van der Waals surface area contributed by atoms with Gasteiger partial charge in [0.15, 0.2) is 5.13 Å². The summed E-state index contributed by atoms with van der Waals surface area (Å²) in [5.74, 6) is 0.748. The van der Waals surface area contributed by atoms with Crippen LogP contribution in [0, 0.1) is 0 Å². The molecule has 0 fully saturated rings. The first-order valence-electron chi connectivity index (χ1n) is 9.39. The molecular formula is C20H25BrClN3O2S2. The number of rotatable bonds is 9. The molecule has 0 aliphatic heterocycles. The second-order valence-corrected chi connectivity index (χ2v) is 9.59. The Morgan fingerprint density at radius 3 is 2.48 bits per heavy atom. The number of benzene rings is 1. The van der Waals surface area contributed by atoms with Crippen molar-refractivity contribution in [3.63, 3.8) is 0 Å². The molecular weight excluding hydrogens is 494 g/mol. The van der Waals surface area contributed by atoms with E-state index in [1.807, 2.05) is 37.3 Å². The maximum absolute atomic E-state index is 13.3. The van der Waals surface area contributed by atoms with Gasteiger partial charge < -0.3 is 9.64 Å². The number of hydrogen-bond donors (Lipinski definition) is 0. The second kappa shape index (κ2) is 11.3. The van der Waals surface area contributed by atoms with E-state index in [9.17, 15) is 4.79 Å². The fourth-order valence-corrected chi connectivity index (χ4v) is 5.27. The highest BCUT2D eigenvalue weighted by Crippen LogP contribution is 2.35. The predicted octanol–water partition coefficient (Wildman–Crippen LogP) is 5.93. The summed E-state index contributed by atoms with van der Waals surface area (Å²) in [7, 11) is 0. The Balaban J connectivity index is 0.00000300. The average Bonchev–Trinajstić information content (AvgIpc) is 3.32. The molecule has 3 aromatic rings. The normalized spacial score (nSPS) is 10.9. The molecule has 0 radical (unpaired) electrons. The van der Waals surface area contributed by atoms with E-state index in [-0.39, 0.29) is 18.3 Å². The Labute approximate surface area is 194 Å². The van der Waals surface area contributed by atoms with Crippen LogP contribution in [0.5, 0.6) is 5.75 Å². The van der Waals surface area contributed by atoms with E-state index in [1.54, 1.807) is 4.90 Å². The average molecular weight is 519 g/mol. The van der Waals surface area contributed by atoms with Gasteiger partial charge in [-0.15, -0.1) is 23.7 Å². The molecule has 3 rings (SSSR count). The lowest BCUT2D eigenvalue weighted by Crippen LogP contribution is -2.38. The monoisotopic (exact) mass is 517 g/mol. The summed E-state index contributed by atoms with van der Waals surface area (Å²) in [5.41, 5.74) is 0.817. The minimum Gasteiger partial charge on any atom is -0.492 e. The first-order valence-corrected chi connectivity index (χ1v) is 11.8. The number of para-hydroxylation sites is 1.